The first kappa shape index (κ1) is 20.7. The molecule has 0 spiro atoms. The van der Waals surface area contributed by atoms with Gasteiger partial charge in [-0.3, -0.25) is 0 Å². The van der Waals surface area contributed by atoms with Crippen LogP contribution in [-0.4, -0.2) is 18.2 Å². The van der Waals surface area contributed by atoms with Crippen molar-refractivity contribution in [3.05, 3.63) is 0 Å². The second-order valence-electron chi connectivity index (χ2n) is 6.55. The van der Waals surface area contributed by atoms with Gasteiger partial charge in [-0.15, -0.1) is 0 Å². The molecule has 0 amide bonds. The number of unbranched alkanes of at least 4 members (excludes halogenated alkanes) is 9. The number of hydrogen-bond donors (Lipinski definition) is 2. The molecule has 126 valence electrons. The molecule has 0 aromatic rings. The average molecular weight is 315 g/mol. The van der Waals surface area contributed by atoms with E-state index in [1.807, 2.05) is 0 Å². The molecule has 0 heterocycles. The molecule has 3 heteroatoms. The van der Waals surface area contributed by atoms with Crippen LogP contribution in [0.4, 0.5) is 0 Å². The Morgan fingerprint density at radius 3 is 1.76 bits per heavy atom. The Hall–Kier alpha value is -0.310. The van der Waals surface area contributed by atoms with Gasteiger partial charge in [0.05, 0.1) is 0 Å². The summed E-state index contributed by atoms with van der Waals surface area (Å²) in [7, 11) is 0. The van der Waals surface area contributed by atoms with Gasteiger partial charge in [0.15, 0.2) is 5.11 Å². The van der Waals surface area contributed by atoms with Crippen LogP contribution in [0.2, 0.25) is 0 Å². The van der Waals surface area contributed by atoms with Crippen molar-refractivity contribution < 1.29 is 0 Å². The number of rotatable bonds is 14. The Morgan fingerprint density at radius 1 is 0.762 bits per heavy atom. The molecule has 0 rings (SSSR count). The molecule has 0 saturated heterocycles. The van der Waals surface area contributed by atoms with Crippen LogP contribution in [0, 0.1) is 5.92 Å². The van der Waals surface area contributed by atoms with E-state index >= 15 is 0 Å². The molecular formula is C18H38N2S. The Bertz CT molecular complexity index is 229. The highest BCUT2D eigenvalue weighted by molar-refractivity contribution is 7.80. The quantitative estimate of drug-likeness (QED) is 0.331. The third kappa shape index (κ3) is 17.6. The molecule has 0 radical (unpaired) electrons. The SMILES string of the molecule is CCCCCCCCCCCCNC(=S)NCCC(C)C. The van der Waals surface area contributed by atoms with Gasteiger partial charge in [0.2, 0.25) is 0 Å². The fraction of sp³-hybridized carbons (Fsp3) is 0.944. The van der Waals surface area contributed by atoms with Crippen molar-refractivity contribution in [2.75, 3.05) is 13.1 Å². The third-order valence-corrected chi connectivity index (χ3v) is 4.11. The minimum absolute atomic E-state index is 0.738. The third-order valence-electron chi connectivity index (χ3n) is 3.82. The summed E-state index contributed by atoms with van der Waals surface area (Å²) in [6, 6.07) is 0. The van der Waals surface area contributed by atoms with Gasteiger partial charge in [0.25, 0.3) is 0 Å². The van der Waals surface area contributed by atoms with Crippen LogP contribution in [0.3, 0.4) is 0 Å². The zero-order chi connectivity index (χ0) is 15.8. The minimum atomic E-state index is 0.738. The van der Waals surface area contributed by atoms with Gasteiger partial charge in [0, 0.05) is 13.1 Å². The van der Waals surface area contributed by atoms with Crippen molar-refractivity contribution >= 4 is 17.3 Å². The zero-order valence-electron chi connectivity index (χ0n) is 14.7. The maximum absolute atomic E-state index is 5.25. The maximum Gasteiger partial charge on any atom is 0.166 e. The van der Waals surface area contributed by atoms with Crippen molar-refractivity contribution in [1.29, 1.82) is 0 Å². The van der Waals surface area contributed by atoms with Crippen LogP contribution in [-0.2, 0) is 0 Å². The first-order chi connectivity index (χ1) is 10.2. The molecule has 0 aromatic heterocycles. The summed E-state index contributed by atoms with van der Waals surface area (Å²) < 4.78 is 0. The summed E-state index contributed by atoms with van der Waals surface area (Å²) in [6.45, 7) is 8.76. The lowest BCUT2D eigenvalue weighted by Crippen LogP contribution is -2.36. The molecule has 0 bridgehead atoms. The minimum Gasteiger partial charge on any atom is -0.363 e. The lowest BCUT2D eigenvalue weighted by atomic mass is 10.1. The van der Waals surface area contributed by atoms with E-state index in [0.29, 0.717) is 0 Å². The second kappa shape index (κ2) is 16.1. The molecule has 0 aliphatic heterocycles. The fourth-order valence-corrected chi connectivity index (χ4v) is 2.56. The van der Waals surface area contributed by atoms with E-state index in [2.05, 4.69) is 31.4 Å². The van der Waals surface area contributed by atoms with E-state index in [1.54, 1.807) is 0 Å². The van der Waals surface area contributed by atoms with Gasteiger partial charge >= 0.3 is 0 Å². The van der Waals surface area contributed by atoms with Crippen LogP contribution < -0.4 is 10.6 Å². The molecule has 0 aliphatic carbocycles. The van der Waals surface area contributed by atoms with Crippen molar-refractivity contribution in [3.8, 4) is 0 Å². The van der Waals surface area contributed by atoms with Gasteiger partial charge in [-0.1, -0.05) is 78.6 Å². The summed E-state index contributed by atoms with van der Waals surface area (Å²) in [5.74, 6) is 0.738. The predicted octanol–water partition coefficient (Wildman–Crippen LogP) is 5.42. The Balaban J connectivity index is 3.12. The smallest absolute Gasteiger partial charge is 0.166 e. The van der Waals surface area contributed by atoms with Crippen LogP contribution in [0.1, 0.15) is 91.4 Å². The molecular weight excluding hydrogens is 276 g/mol. The number of hydrogen-bond acceptors (Lipinski definition) is 1. The van der Waals surface area contributed by atoms with Crippen molar-refractivity contribution in [2.45, 2.75) is 91.4 Å². The van der Waals surface area contributed by atoms with Crippen molar-refractivity contribution in [3.63, 3.8) is 0 Å². The van der Waals surface area contributed by atoms with E-state index in [0.717, 1.165) is 24.1 Å². The van der Waals surface area contributed by atoms with Gasteiger partial charge < -0.3 is 10.6 Å². The normalized spacial score (nSPS) is 10.9. The highest BCUT2D eigenvalue weighted by atomic mass is 32.1. The summed E-state index contributed by atoms with van der Waals surface area (Å²) in [6.07, 6.45) is 15.0. The lowest BCUT2D eigenvalue weighted by molar-refractivity contribution is 0.553. The monoisotopic (exact) mass is 314 g/mol. The second-order valence-corrected chi connectivity index (χ2v) is 6.96. The van der Waals surface area contributed by atoms with E-state index in [1.165, 1.54) is 70.6 Å². The molecule has 0 unspecified atom stereocenters. The average Bonchev–Trinajstić information content (AvgIpc) is 2.44. The standard InChI is InChI=1S/C18H38N2S/c1-4-5-6-7-8-9-10-11-12-13-15-19-18(21)20-16-14-17(2)3/h17H,4-16H2,1-3H3,(H2,19,20,21). The van der Waals surface area contributed by atoms with E-state index in [9.17, 15) is 0 Å². The molecule has 2 nitrogen and oxygen atoms in total. The highest BCUT2D eigenvalue weighted by Crippen LogP contribution is 2.10. The lowest BCUT2D eigenvalue weighted by Gasteiger charge is -2.11. The van der Waals surface area contributed by atoms with Gasteiger partial charge in [-0.2, -0.15) is 0 Å². The molecule has 2 N–H and O–H groups in total. The summed E-state index contributed by atoms with van der Waals surface area (Å²) in [5.41, 5.74) is 0. The number of nitrogens with one attached hydrogen (secondary N) is 2. The molecule has 21 heavy (non-hydrogen) atoms. The molecule has 0 saturated carbocycles. The zero-order valence-corrected chi connectivity index (χ0v) is 15.5. The van der Waals surface area contributed by atoms with Gasteiger partial charge in [-0.05, 0) is 31.0 Å². The van der Waals surface area contributed by atoms with Crippen LogP contribution in [0.5, 0.6) is 0 Å². The summed E-state index contributed by atoms with van der Waals surface area (Å²) in [5, 5.41) is 7.40. The number of thiocarbonyl (C=S) groups is 1. The molecule has 0 aliphatic rings. The van der Waals surface area contributed by atoms with Gasteiger partial charge in [-0.25, -0.2) is 0 Å². The molecule has 0 atom stereocenters. The van der Waals surface area contributed by atoms with Crippen LogP contribution in [0.15, 0.2) is 0 Å². The topological polar surface area (TPSA) is 24.1 Å². The predicted molar refractivity (Wildman–Crippen MR) is 99.9 cm³/mol. The van der Waals surface area contributed by atoms with Crippen LogP contribution >= 0.6 is 12.2 Å². The maximum atomic E-state index is 5.25. The molecule has 0 fully saturated rings. The van der Waals surface area contributed by atoms with E-state index in [-0.39, 0.29) is 0 Å². The van der Waals surface area contributed by atoms with E-state index in [4.69, 9.17) is 12.2 Å². The summed E-state index contributed by atoms with van der Waals surface area (Å²) in [4.78, 5) is 0. The Kier molecular flexibility index (Phi) is 15.8. The Labute approximate surface area is 138 Å². The highest BCUT2D eigenvalue weighted by Gasteiger charge is 1.97. The fourth-order valence-electron chi connectivity index (χ4n) is 2.35. The summed E-state index contributed by atoms with van der Waals surface area (Å²) >= 11 is 5.25. The first-order valence-electron chi connectivity index (χ1n) is 9.18. The largest absolute Gasteiger partial charge is 0.363 e. The first-order valence-corrected chi connectivity index (χ1v) is 9.59. The van der Waals surface area contributed by atoms with Crippen LogP contribution in [0.25, 0.3) is 0 Å². The van der Waals surface area contributed by atoms with Crippen molar-refractivity contribution in [1.82, 2.24) is 10.6 Å². The van der Waals surface area contributed by atoms with Crippen molar-refractivity contribution in [2.24, 2.45) is 5.92 Å². The Morgan fingerprint density at radius 2 is 1.24 bits per heavy atom. The molecule has 0 aromatic carbocycles. The van der Waals surface area contributed by atoms with E-state index < -0.39 is 0 Å². The van der Waals surface area contributed by atoms with Gasteiger partial charge in [0.1, 0.15) is 0 Å².